The summed E-state index contributed by atoms with van der Waals surface area (Å²) in [5.74, 6) is 1.65. The van der Waals surface area contributed by atoms with Crippen molar-refractivity contribution in [1.82, 2.24) is 15.5 Å². The molecule has 1 atom stereocenters. The highest BCUT2D eigenvalue weighted by Crippen LogP contribution is 2.17. The molecule has 0 spiro atoms. The summed E-state index contributed by atoms with van der Waals surface area (Å²) in [6.07, 6.45) is 0. The Morgan fingerprint density at radius 3 is 2.62 bits per heavy atom. The first kappa shape index (κ1) is 22.9. The molecule has 7 heteroatoms. The van der Waals surface area contributed by atoms with Gasteiger partial charge in [0.25, 0.3) is 0 Å². The lowest BCUT2D eigenvalue weighted by Gasteiger charge is -2.18. The van der Waals surface area contributed by atoms with Gasteiger partial charge in [-0.15, -0.1) is 24.0 Å². The summed E-state index contributed by atoms with van der Waals surface area (Å²) in [4.78, 5) is 6.33. The topological polar surface area (TPSA) is 58.1 Å². The normalized spacial score (nSPS) is 12.5. The molecule has 6 nitrogen and oxygen atoms in total. The van der Waals surface area contributed by atoms with Crippen molar-refractivity contribution in [1.29, 1.82) is 0 Å². The molecule has 24 heavy (non-hydrogen) atoms. The molecule has 0 amide bonds. The molecule has 1 aromatic carbocycles. The summed E-state index contributed by atoms with van der Waals surface area (Å²) in [5.41, 5.74) is 1.11. The first-order valence-corrected chi connectivity index (χ1v) is 7.88. The number of hydrogen-bond acceptors (Lipinski definition) is 4. The third-order valence-corrected chi connectivity index (χ3v) is 3.24. The Morgan fingerprint density at radius 1 is 1.29 bits per heavy atom. The van der Waals surface area contributed by atoms with Crippen LogP contribution in [0.4, 0.5) is 0 Å². The fourth-order valence-electron chi connectivity index (χ4n) is 2.03. The minimum atomic E-state index is 0. The van der Waals surface area contributed by atoms with Crippen LogP contribution in [0.3, 0.4) is 0 Å². The monoisotopic (exact) mass is 450 g/mol. The molecule has 0 fully saturated rings. The molecule has 1 unspecified atom stereocenters. The lowest BCUT2D eigenvalue weighted by Crippen LogP contribution is -2.43. The fraction of sp³-hybridized carbons (Fsp3) is 0.588. The zero-order valence-corrected chi connectivity index (χ0v) is 17.7. The van der Waals surface area contributed by atoms with Crippen LogP contribution >= 0.6 is 24.0 Å². The van der Waals surface area contributed by atoms with E-state index in [0.29, 0.717) is 19.8 Å². The number of halogens is 1. The minimum Gasteiger partial charge on any atom is -0.492 e. The quantitative estimate of drug-likeness (QED) is 0.342. The van der Waals surface area contributed by atoms with Gasteiger partial charge in [-0.1, -0.05) is 18.2 Å². The van der Waals surface area contributed by atoms with E-state index in [1.54, 1.807) is 14.2 Å². The number of ether oxygens (including phenoxy) is 2. The molecule has 0 saturated carbocycles. The average Bonchev–Trinajstić information content (AvgIpc) is 2.52. The molecule has 0 aliphatic carbocycles. The number of aliphatic imine (C=N–C) groups is 1. The second-order valence-corrected chi connectivity index (χ2v) is 5.69. The van der Waals surface area contributed by atoms with Crippen molar-refractivity contribution in [2.24, 2.45) is 4.99 Å². The summed E-state index contributed by atoms with van der Waals surface area (Å²) >= 11 is 0. The van der Waals surface area contributed by atoms with Gasteiger partial charge in [-0.3, -0.25) is 4.99 Å². The van der Waals surface area contributed by atoms with E-state index in [-0.39, 0.29) is 30.0 Å². The maximum Gasteiger partial charge on any atom is 0.191 e. The third kappa shape index (κ3) is 9.29. The summed E-state index contributed by atoms with van der Waals surface area (Å²) in [6, 6.07) is 8.25. The van der Waals surface area contributed by atoms with Crippen LogP contribution in [0.2, 0.25) is 0 Å². The Bertz CT molecular complexity index is 483. The van der Waals surface area contributed by atoms with E-state index in [1.807, 2.05) is 32.3 Å². The van der Waals surface area contributed by atoms with Gasteiger partial charge in [0.2, 0.25) is 0 Å². The Labute approximate surface area is 163 Å². The van der Waals surface area contributed by atoms with Gasteiger partial charge in [-0.05, 0) is 27.1 Å². The largest absolute Gasteiger partial charge is 0.492 e. The maximum absolute atomic E-state index is 5.87. The number of benzene rings is 1. The molecule has 1 rings (SSSR count). The molecular formula is C17H31IN4O2. The summed E-state index contributed by atoms with van der Waals surface area (Å²) in [6.45, 7) is 4.89. The van der Waals surface area contributed by atoms with Gasteiger partial charge >= 0.3 is 0 Å². The molecule has 2 N–H and O–H groups in total. The Balaban J connectivity index is 0.00000529. The Morgan fingerprint density at radius 2 is 2.00 bits per heavy atom. The predicted molar refractivity (Wildman–Crippen MR) is 111 cm³/mol. The van der Waals surface area contributed by atoms with Crippen LogP contribution in [-0.2, 0) is 11.3 Å². The number of guanidine groups is 1. The van der Waals surface area contributed by atoms with Crippen molar-refractivity contribution >= 4 is 29.9 Å². The van der Waals surface area contributed by atoms with Crippen molar-refractivity contribution in [2.45, 2.75) is 19.5 Å². The van der Waals surface area contributed by atoms with Crippen molar-refractivity contribution in [3.8, 4) is 5.75 Å². The predicted octanol–water partition coefficient (Wildman–Crippen LogP) is 1.94. The molecule has 0 aliphatic rings. The second kappa shape index (κ2) is 13.3. The van der Waals surface area contributed by atoms with E-state index in [2.05, 4.69) is 33.5 Å². The van der Waals surface area contributed by atoms with Crippen LogP contribution in [0, 0.1) is 0 Å². The molecule has 0 aromatic heterocycles. The summed E-state index contributed by atoms with van der Waals surface area (Å²) in [5, 5.41) is 6.59. The first-order chi connectivity index (χ1) is 11.1. The van der Waals surface area contributed by atoms with Crippen LogP contribution < -0.4 is 15.4 Å². The molecular weight excluding hydrogens is 419 g/mol. The van der Waals surface area contributed by atoms with Crippen molar-refractivity contribution < 1.29 is 9.47 Å². The van der Waals surface area contributed by atoms with Gasteiger partial charge in [0, 0.05) is 38.9 Å². The lowest BCUT2D eigenvalue weighted by atomic mass is 10.2. The number of methoxy groups -OCH3 is 1. The van der Waals surface area contributed by atoms with Crippen molar-refractivity contribution in [2.75, 3.05) is 48.0 Å². The highest BCUT2D eigenvalue weighted by atomic mass is 127. The molecule has 1 aromatic rings. The highest BCUT2D eigenvalue weighted by molar-refractivity contribution is 14.0. The van der Waals surface area contributed by atoms with E-state index < -0.39 is 0 Å². The SMILES string of the molecule is CN=C(NCc1ccccc1OCCN(C)C)NC(C)COC.I. The number of hydrogen-bond donors (Lipinski definition) is 2. The zero-order valence-electron chi connectivity index (χ0n) is 15.3. The Kier molecular flexibility index (Phi) is 12.7. The molecule has 0 saturated heterocycles. The summed E-state index contributed by atoms with van der Waals surface area (Å²) < 4.78 is 11.0. The van der Waals surface area contributed by atoms with Gasteiger partial charge in [-0.2, -0.15) is 0 Å². The van der Waals surface area contributed by atoms with E-state index >= 15 is 0 Å². The second-order valence-electron chi connectivity index (χ2n) is 5.69. The summed E-state index contributed by atoms with van der Waals surface area (Å²) in [7, 11) is 7.52. The van der Waals surface area contributed by atoms with Crippen LogP contribution in [0.25, 0.3) is 0 Å². The molecule has 0 bridgehead atoms. The molecule has 0 radical (unpaired) electrons. The number of para-hydroxylation sites is 1. The fourth-order valence-corrected chi connectivity index (χ4v) is 2.03. The van der Waals surface area contributed by atoms with Crippen molar-refractivity contribution in [3.63, 3.8) is 0 Å². The van der Waals surface area contributed by atoms with Gasteiger partial charge in [-0.25, -0.2) is 0 Å². The minimum absolute atomic E-state index is 0. The zero-order chi connectivity index (χ0) is 17.1. The van der Waals surface area contributed by atoms with E-state index in [1.165, 1.54) is 0 Å². The smallest absolute Gasteiger partial charge is 0.191 e. The van der Waals surface area contributed by atoms with Crippen LogP contribution in [0.15, 0.2) is 29.3 Å². The van der Waals surface area contributed by atoms with Crippen molar-refractivity contribution in [3.05, 3.63) is 29.8 Å². The van der Waals surface area contributed by atoms with Gasteiger partial charge in [0.15, 0.2) is 5.96 Å². The van der Waals surface area contributed by atoms with Gasteiger partial charge in [0.05, 0.1) is 6.61 Å². The number of likely N-dealkylation sites (N-methyl/N-ethyl adjacent to an activating group) is 1. The van der Waals surface area contributed by atoms with E-state index in [0.717, 1.165) is 23.8 Å². The Hall–Kier alpha value is -1.06. The van der Waals surface area contributed by atoms with Gasteiger partial charge in [0.1, 0.15) is 12.4 Å². The van der Waals surface area contributed by atoms with Crippen LogP contribution in [-0.4, -0.2) is 64.9 Å². The van der Waals surface area contributed by atoms with Crippen LogP contribution in [0.1, 0.15) is 12.5 Å². The number of rotatable bonds is 9. The van der Waals surface area contributed by atoms with E-state index in [9.17, 15) is 0 Å². The third-order valence-electron chi connectivity index (χ3n) is 3.24. The molecule has 138 valence electrons. The molecule has 0 heterocycles. The van der Waals surface area contributed by atoms with E-state index in [4.69, 9.17) is 9.47 Å². The standard InChI is InChI=1S/C17H30N4O2.HI/c1-14(13-22-5)20-17(18-2)19-12-15-8-6-7-9-16(15)23-11-10-21(3)4;/h6-9,14H,10-13H2,1-5H3,(H2,18,19,20);1H. The first-order valence-electron chi connectivity index (χ1n) is 7.88. The molecule has 0 aliphatic heterocycles. The van der Waals surface area contributed by atoms with Gasteiger partial charge < -0.3 is 25.0 Å². The average molecular weight is 450 g/mol. The maximum atomic E-state index is 5.87. The number of nitrogens with one attached hydrogen (secondary N) is 2. The highest BCUT2D eigenvalue weighted by Gasteiger charge is 2.07. The number of nitrogens with zero attached hydrogens (tertiary/aromatic N) is 2. The lowest BCUT2D eigenvalue weighted by molar-refractivity contribution is 0.179. The van der Waals surface area contributed by atoms with Crippen LogP contribution in [0.5, 0.6) is 5.75 Å².